The highest BCUT2D eigenvalue weighted by molar-refractivity contribution is 5.62. The van der Waals surface area contributed by atoms with Crippen molar-refractivity contribution in [3.8, 4) is 0 Å². The molecule has 1 spiro atoms. The Morgan fingerprint density at radius 2 is 1.61 bits per heavy atom. The zero-order valence-electron chi connectivity index (χ0n) is 14.0. The third kappa shape index (κ3) is 2.76. The topological polar surface area (TPSA) is 6.48 Å². The fourth-order valence-electron chi connectivity index (χ4n) is 4.44. The van der Waals surface area contributed by atoms with Gasteiger partial charge in [0, 0.05) is 31.2 Å². The number of rotatable bonds is 3. The number of anilines is 1. The highest BCUT2D eigenvalue weighted by Crippen LogP contribution is 2.46. The second-order valence-electron chi connectivity index (χ2n) is 7.23. The molecule has 2 aliphatic rings. The average Bonchev–Trinajstić information content (AvgIpc) is 2.88. The van der Waals surface area contributed by atoms with E-state index < -0.39 is 0 Å². The number of hydrogen-bond acceptors (Lipinski definition) is 2. The van der Waals surface area contributed by atoms with Gasteiger partial charge in [-0.3, -0.25) is 0 Å². The van der Waals surface area contributed by atoms with E-state index in [-0.39, 0.29) is 0 Å². The van der Waals surface area contributed by atoms with E-state index in [1.165, 1.54) is 56.7 Å². The van der Waals surface area contributed by atoms with E-state index in [1.54, 1.807) is 5.56 Å². The van der Waals surface area contributed by atoms with Crippen molar-refractivity contribution in [3.05, 3.63) is 65.7 Å². The van der Waals surface area contributed by atoms with E-state index in [0.29, 0.717) is 5.41 Å². The molecule has 23 heavy (non-hydrogen) atoms. The van der Waals surface area contributed by atoms with Crippen LogP contribution in [0.5, 0.6) is 0 Å². The number of fused-ring (bicyclic) bond motifs is 2. The minimum absolute atomic E-state index is 0.397. The minimum atomic E-state index is 0.397. The Morgan fingerprint density at radius 1 is 0.913 bits per heavy atom. The van der Waals surface area contributed by atoms with Gasteiger partial charge in [-0.2, -0.15) is 0 Å². The standard InChI is InChI=1S/C21H26N2/c1-22-17-21(19-9-5-6-10-20(19)22)12-15-23(16-13-21)14-11-18-7-3-2-4-8-18/h2-10H,11-17H2,1H3. The normalized spacial score (nSPS) is 20.0. The Kier molecular flexibility index (Phi) is 3.86. The van der Waals surface area contributed by atoms with Gasteiger partial charge in [0.1, 0.15) is 0 Å². The maximum atomic E-state index is 2.65. The summed E-state index contributed by atoms with van der Waals surface area (Å²) in [6, 6.07) is 19.9. The predicted molar refractivity (Wildman–Crippen MR) is 97.2 cm³/mol. The summed E-state index contributed by atoms with van der Waals surface area (Å²) in [6.07, 6.45) is 3.76. The quantitative estimate of drug-likeness (QED) is 0.853. The molecule has 2 aliphatic heterocycles. The molecule has 0 radical (unpaired) electrons. The van der Waals surface area contributed by atoms with Crippen molar-refractivity contribution in [1.29, 1.82) is 0 Å². The van der Waals surface area contributed by atoms with Crippen LogP contribution in [0.15, 0.2) is 54.6 Å². The summed E-state index contributed by atoms with van der Waals surface area (Å²) in [4.78, 5) is 5.11. The molecule has 0 saturated carbocycles. The molecule has 0 bridgehead atoms. The molecule has 0 unspecified atom stereocenters. The molecular weight excluding hydrogens is 280 g/mol. The van der Waals surface area contributed by atoms with Gasteiger partial charge in [-0.25, -0.2) is 0 Å². The van der Waals surface area contributed by atoms with Crippen LogP contribution in [0.4, 0.5) is 5.69 Å². The van der Waals surface area contributed by atoms with Gasteiger partial charge in [0.2, 0.25) is 0 Å². The lowest BCUT2D eigenvalue weighted by Gasteiger charge is -2.40. The van der Waals surface area contributed by atoms with Crippen LogP contribution < -0.4 is 4.90 Å². The number of hydrogen-bond donors (Lipinski definition) is 0. The van der Waals surface area contributed by atoms with Crippen molar-refractivity contribution < 1.29 is 0 Å². The molecule has 2 aromatic carbocycles. The fraction of sp³-hybridized carbons (Fsp3) is 0.429. The number of benzene rings is 2. The van der Waals surface area contributed by atoms with Crippen LogP contribution in [0.1, 0.15) is 24.0 Å². The predicted octanol–water partition coefficient (Wildman–Crippen LogP) is 3.71. The summed E-state index contributed by atoms with van der Waals surface area (Å²) in [5, 5.41) is 0. The smallest absolute Gasteiger partial charge is 0.0402 e. The summed E-state index contributed by atoms with van der Waals surface area (Å²) < 4.78 is 0. The average molecular weight is 306 g/mol. The Balaban J connectivity index is 1.40. The lowest BCUT2D eigenvalue weighted by atomic mass is 9.74. The zero-order valence-corrected chi connectivity index (χ0v) is 14.0. The molecule has 120 valence electrons. The van der Waals surface area contributed by atoms with E-state index >= 15 is 0 Å². The molecule has 0 aliphatic carbocycles. The Bertz CT molecular complexity index is 657. The van der Waals surface area contributed by atoms with Gasteiger partial charge < -0.3 is 9.80 Å². The van der Waals surface area contributed by atoms with E-state index in [0.717, 1.165) is 0 Å². The van der Waals surface area contributed by atoms with E-state index in [4.69, 9.17) is 0 Å². The van der Waals surface area contributed by atoms with Crippen molar-refractivity contribution in [2.75, 3.05) is 38.1 Å². The molecule has 0 atom stereocenters. The molecule has 0 amide bonds. The third-order valence-electron chi connectivity index (χ3n) is 5.80. The Morgan fingerprint density at radius 3 is 2.39 bits per heavy atom. The fourth-order valence-corrected chi connectivity index (χ4v) is 4.44. The Hall–Kier alpha value is -1.80. The van der Waals surface area contributed by atoms with Crippen molar-refractivity contribution in [3.63, 3.8) is 0 Å². The molecule has 1 fully saturated rings. The number of likely N-dealkylation sites (tertiary alicyclic amines) is 1. The first-order valence-electron chi connectivity index (χ1n) is 8.84. The van der Waals surface area contributed by atoms with Gasteiger partial charge in [0.25, 0.3) is 0 Å². The molecule has 1 saturated heterocycles. The highest BCUT2D eigenvalue weighted by Gasteiger charge is 2.43. The minimum Gasteiger partial charge on any atom is -0.373 e. The van der Waals surface area contributed by atoms with Gasteiger partial charge in [-0.05, 0) is 49.5 Å². The van der Waals surface area contributed by atoms with Gasteiger partial charge in [0.15, 0.2) is 0 Å². The molecule has 0 N–H and O–H groups in total. The first-order valence-corrected chi connectivity index (χ1v) is 8.84. The van der Waals surface area contributed by atoms with Crippen molar-refractivity contribution in [1.82, 2.24) is 4.90 Å². The number of para-hydroxylation sites is 1. The van der Waals surface area contributed by atoms with Crippen molar-refractivity contribution >= 4 is 5.69 Å². The lowest BCUT2D eigenvalue weighted by Crippen LogP contribution is -2.45. The molecule has 0 aromatic heterocycles. The molecule has 2 heterocycles. The highest BCUT2D eigenvalue weighted by atomic mass is 15.2. The molecular formula is C21H26N2. The monoisotopic (exact) mass is 306 g/mol. The summed E-state index contributed by atoms with van der Waals surface area (Å²) in [5.74, 6) is 0. The first kappa shape index (κ1) is 14.8. The molecule has 2 nitrogen and oxygen atoms in total. The van der Waals surface area contributed by atoms with Crippen LogP contribution in [-0.2, 0) is 11.8 Å². The zero-order chi connectivity index (χ0) is 15.7. The maximum absolute atomic E-state index is 2.65. The van der Waals surface area contributed by atoms with Crippen molar-refractivity contribution in [2.24, 2.45) is 0 Å². The Labute approximate surface area is 139 Å². The number of nitrogens with zero attached hydrogens (tertiary/aromatic N) is 2. The second-order valence-corrected chi connectivity index (χ2v) is 7.23. The summed E-state index contributed by atoms with van der Waals surface area (Å²) in [5.41, 5.74) is 4.89. The summed E-state index contributed by atoms with van der Waals surface area (Å²) in [7, 11) is 2.25. The van der Waals surface area contributed by atoms with Crippen LogP contribution in [0, 0.1) is 0 Å². The number of piperidine rings is 1. The van der Waals surface area contributed by atoms with E-state index in [1.807, 2.05) is 0 Å². The summed E-state index contributed by atoms with van der Waals surface area (Å²) >= 11 is 0. The lowest BCUT2D eigenvalue weighted by molar-refractivity contribution is 0.168. The first-order chi connectivity index (χ1) is 11.3. The van der Waals surface area contributed by atoms with E-state index in [9.17, 15) is 0 Å². The molecule has 2 heteroatoms. The van der Waals surface area contributed by atoms with Gasteiger partial charge in [0.05, 0.1) is 0 Å². The number of likely N-dealkylation sites (N-methyl/N-ethyl adjacent to an activating group) is 1. The second kappa shape index (κ2) is 6.01. The van der Waals surface area contributed by atoms with Crippen LogP contribution in [0.3, 0.4) is 0 Å². The maximum Gasteiger partial charge on any atom is 0.0402 e. The summed E-state index contributed by atoms with van der Waals surface area (Å²) in [6.45, 7) is 4.85. The SMILES string of the molecule is CN1CC2(CCN(CCc3ccccc3)CC2)c2ccccc21. The van der Waals surface area contributed by atoms with Gasteiger partial charge in [-0.15, -0.1) is 0 Å². The molecule has 4 rings (SSSR count). The van der Waals surface area contributed by atoms with Crippen LogP contribution in [0.2, 0.25) is 0 Å². The largest absolute Gasteiger partial charge is 0.373 e. The van der Waals surface area contributed by atoms with Crippen LogP contribution >= 0.6 is 0 Å². The van der Waals surface area contributed by atoms with E-state index in [2.05, 4.69) is 71.4 Å². The van der Waals surface area contributed by atoms with Crippen molar-refractivity contribution in [2.45, 2.75) is 24.7 Å². The van der Waals surface area contributed by atoms with Gasteiger partial charge in [-0.1, -0.05) is 48.5 Å². The van der Waals surface area contributed by atoms with Crippen LogP contribution in [-0.4, -0.2) is 38.1 Å². The third-order valence-corrected chi connectivity index (χ3v) is 5.80. The van der Waals surface area contributed by atoms with Crippen LogP contribution in [0.25, 0.3) is 0 Å². The van der Waals surface area contributed by atoms with Gasteiger partial charge >= 0.3 is 0 Å². The molecule has 2 aromatic rings.